The highest BCUT2D eigenvalue weighted by molar-refractivity contribution is 6.30. The van der Waals surface area contributed by atoms with Gasteiger partial charge in [0.1, 0.15) is 5.82 Å². The average Bonchev–Trinajstić information content (AvgIpc) is 2.75. The van der Waals surface area contributed by atoms with Crippen molar-refractivity contribution in [1.29, 1.82) is 0 Å². The molecule has 2 heterocycles. The van der Waals surface area contributed by atoms with E-state index in [2.05, 4.69) is 23.7 Å². The van der Waals surface area contributed by atoms with E-state index in [1.807, 2.05) is 12.1 Å². The minimum absolute atomic E-state index is 0.783. The van der Waals surface area contributed by atoms with Crippen LogP contribution >= 0.6 is 11.6 Å². The van der Waals surface area contributed by atoms with Crippen molar-refractivity contribution >= 4 is 17.4 Å². The molecule has 0 spiro atoms. The summed E-state index contributed by atoms with van der Waals surface area (Å²) in [5, 5.41) is 0.783. The molecule has 1 aliphatic carbocycles. The smallest absolute Gasteiger partial charge is 0.129 e. The van der Waals surface area contributed by atoms with Crippen molar-refractivity contribution in [2.75, 3.05) is 18.0 Å². The van der Waals surface area contributed by atoms with Gasteiger partial charge >= 0.3 is 0 Å². The fraction of sp³-hybridized carbons (Fsp3) is 0.615. The summed E-state index contributed by atoms with van der Waals surface area (Å²) in [5.74, 6) is 4.64. The molecule has 0 amide bonds. The van der Waals surface area contributed by atoms with Crippen LogP contribution < -0.4 is 4.90 Å². The molecule has 86 valence electrons. The van der Waals surface area contributed by atoms with Gasteiger partial charge in [0.2, 0.25) is 0 Å². The molecule has 1 saturated heterocycles. The lowest BCUT2D eigenvalue weighted by Gasteiger charge is -2.21. The van der Waals surface area contributed by atoms with Crippen LogP contribution in [0, 0.1) is 23.7 Å². The van der Waals surface area contributed by atoms with Crippen LogP contribution in [0.4, 0.5) is 5.82 Å². The average molecular weight is 237 g/mol. The van der Waals surface area contributed by atoms with Gasteiger partial charge in [0.15, 0.2) is 0 Å². The molecule has 0 bridgehead atoms. The molecule has 2 fully saturated rings. The zero-order valence-corrected chi connectivity index (χ0v) is 10.5. The summed E-state index contributed by atoms with van der Waals surface area (Å²) in [6, 6.07) is 3.80. The van der Waals surface area contributed by atoms with E-state index in [-0.39, 0.29) is 0 Å². The molecule has 2 nitrogen and oxygen atoms in total. The molecular weight excluding hydrogens is 220 g/mol. The predicted molar refractivity (Wildman–Crippen MR) is 66.8 cm³/mol. The summed E-state index contributed by atoms with van der Waals surface area (Å²) in [5.41, 5.74) is 0. The Kier molecular flexibility index (Phi) is 2.36. The van der Waals surface area contributed by atoms with Gasteiger partial charge < -0.3 is 4.90 Å². The molecule has 1 aromatic heterocycles. The first-order valence-electron chi connectivity index (χ1n) is 6.03. The van der Waals surface area contributed by atoms with E-state index < -0.39 is 0 Å². The molecule has 16 heavy (non-hydrogen) atoms. The number of pyridine rings is 1. The van der Waals surface area contributed by atoms with Gasteiger partial charge in [-0.25, -0.2) is 4.98 Å². The van der Waals surface area contributed by atoms with Crippen molar-refractivity contribution in [2.24, 2.45) is 23.7 Å². The van der Waals surface area contributed by atoms with E-state index in [0.717, 1.165) is 34.5 Å². The van der Waals surface area contributed by atoms with Crippen LogP contribution in [0.5, 0.6) is 0 Å². The highest BCUT2D eigenvalue weighted by Gasteiger charge is 2.56. The number of nitrogens with zero attached hydrogens (tertiary/aromatic N) is 2. The Morgan fingerprint density at radius 3 is 2.62 bits per heavy atom. The zero-order valence-electron chi connectivity index (χ0n) is 9.73. The Labute approximate surface area is 102 Å². The fourth-order valence-electron chi connectivity index (χ4n) is 3.31. The first-order chi connectivity index (χ1) is 7.66. The molecule has 0 N–H and O–H groups in total. The van der Waals surface area contributed by atoms with Crippen molar-refractivity contribution < 1.29 is 0 Å². The summed E-state index contributed by atoms with van der Waals surface area (Å²) < 4.78 is 0. The topological polar surface area (TPSA) is 16.1 Å². The Balaban J connectivity index is 1.69. The third-order valence-electron chi connectivity index (χ3n) is 4.06. The molecule has 1 aliphatic heterocycles. The van der Waals surface area contributed by atoms with E-state index in [1.54, 1.807) is 6.20 Å². The summed E-state index contributed by atoms with van der Waals surface area (Å²) in [7, 11) is 0. The van der Waals surface area contributed by atoms with Crippen LogP contribution in [0.3, 0.4) is 0 Å². The second kappa shape index (κ2) is 3.63. The van der Waals surface area contributed by atoms with Crippen molar-refractivity contribution in [1.82, 2.24) is 4.98 Å². The van der Waals surface area contributed by atoms with Gasteiger partial charge in [-0.3, -0.25) is 0 Å². The Hall–Kier alpha value is -0.760. The molecule has 1 aromatic rings. The number of hydrogen-bond acceptors (Lipinski definition) is 2. The maximum atomic E-state index is 5.98. The van der Waals surface area contributed by atoms with Crippen LogP contribution in [-0.2, 0) is 0 Å². The quantitative estimate of drug-likeness (QED) is 0.785. The van der Waals surface area contributed by atoms with E-state index in [1.165, 1.54) is 13.1 Å². The first-order valence-corrected chi connectivity index (χ1v) is 6.41. The monoisotopic (exact) mass is 236 g/mol. The molecule has 2 aliphatic rings. The second-order valence-corrected chi connectivity index (χ2v) is 5.82. The Morgan fingerprint density at radius 1 is 1.38 bits per heavy atom. The van der Waals surface area contributed by atoms with Crippen molar-refractivity contribution in [3.63, 3.8) is 0 Å². The van der Waals surface area contributed by atoms with Crippen molar-refractivity contribution in [3.8, 4) is 0 Å². The summed E-state index contributed by atoms with van der Waals surface area (Å²) >= 11 is 5.98. The number of aromatic nitrogens is 1. The summed E-state index contributed by atoms with van der Waals surface area (Å²) in [4.78, 5) is 6.76. The van der Waals surface area contributed by atoms with Crippen LogP contribution in [0.1, 0.15) is 13.8 Å². The molecule has 3 heteroatoms. The predicted octanol–water partition coefficient (Wildman–Crippen LogP) is 3.07. The van der Waals surface area contributed by atoms with Crippen LogP contribution in [0.15, 0.2) is 18.3 Å². The maximum absolute atomic E-state index is 5.98. The van der Waals surface area contributed by atoms with Crippen molar-refractivity contribution in [2.45, 2.75) is 13.8 Å². The number of hydrogen-bond donors (Lipinski definition) is 0. The lowest BCUT2D eigenvalue weighted by atomic mass is 10.0. The number of halogens is 1. The molecular formula is C13H17ClN2. The van der Waals surface area contributed by atoms with E-state index in [4.69, 9.17) is 11.6 Å². The molecule has 1 saturated carbocycles. The molecule has 2 atom stereocenters. The number of fused-ring (bicyclic) bond motifs is 1. The van der Waals surface area contributed by atoms with Crippen molar-refractivity contribution in [3.05, 3.63) is 23.4 Å². The van der Waals surface area contributed by atoms with Gasteiger partial charge in [0.05, 0.1) is 0 Å². The zero-order chi connectivity index (χ0) is 11.3. The van der Waals surface area contributed by atoms with Crippen LogP contribution in [-0.4, -0.2) is 18.1 Å². The molecule has 3 rings (SSSR count). The van der Waals surface area contributed by atoms with E-state index in [0.29, 0.717) is 0 Å². The molecule has 0 aromatic carbocycles. The van der Waals surface area contributed by atoms with Gasteiger partial charge in [0, 0.05) is 24.3 Å². The van der Waals surface area contributed by atoms with Crippen LogP contribution in [0.25, 0.3) is 0 Å². The third kappa shape index (κ3) is 1.60. The Morgan fingerprint density at radius 2 is 2.06 bits per heavy atom. The van der Waals surface area contributed by atoms with Gasteiger partial charge in [-0.1, -0.05) is 25.4 Å². The van der Waals surface area contributed by atoms with Gasteiger partial charge in [-0.05, 0) is 35.8 Å². The summed E-state index contributed by atoms with van der Waals surface area (Å²) in [6.45, 7) is 7.01. The lowest BCUT2D eigenvalue weighted by molar-refractivity contribution is 0.479. The Bertz CT molecular complexity index is 393. The first kappa shape index (κ1) is 10.4. The number of rotatable bonds is 2. The van der Waals surface area contributed by atoms with E-state index >= 15 is 0 Å². The minimum Gasteiger partial charge on any atom is -0.356 e. The fourth-order valence-corrected chi connectivity index (χ4v) is 3.47. The minimum atomic E-state index is 0.783. The lowest BCUT2D eigenvalue weighted by Crippen LogP contribution is -2.25. The van der Waals surface area contributed by atoms with Gasteiger partial charge in [-0.2, -0.15) is 0 Å². The number of anilines is 1. The standard InChI is InChI=1S/C13H17ClN2/c1-8(2)13-10-6-16(7-11(10)13)12-5-9(14)3-4-15-12/h3-5,8,10-11,13H,6-7H2,1-2H3. The van der Waals surface area contributed by atoms with Gasteiger partial charge in [-0.15, -0.1) is 0 Å². The largest absolute Gasteiger partial charge is 0.356 e. The van der Waals surface area contributed by atoms with Crippen LogP contribution in [0.2, 0.25) is 5.02 Å². The van der Waals surface area contributed by atoms with Gasteiger partial charge in [0.25, 0.3) is 0 Å². The highest BCUT2D eigenvalue weighted by atomic mass is 35.5. The number of piperidine rings is 1. The molecule has 2 unspecified atom stereocenters. The maximum Gasteiger partial charge on any atom is 0.129 e. The van der Waals surface area contributed by atoms with E-state index in [9.17, 15) is 0 Å². The second-order valence-electron chi connectivity index (χ2n) is 5.39. The highest BCUT2D eigenvalue weighted by Crippen LogP contribution is 2.55. The SMILES string of the molecule is CC(C)C1C2CN(c3cc(Cl)ccn3)CC21. The third-order valence-corrected chi connectivity index (χ3v) is 4.30. The summed E-state index contributed by atoms with van der Waals surface area (Å²) in [6.07, 6.45) is 1.79. The molecule has 0 radical (unpaired) electrons. The normalized spacial score (nSPS) is 32.0.